The van der Waals surface area contributed by atoms with Crippen LogP contribution in [0.2, 0.25) is 0 Å². The van der Waals surface area contributed by atoms with Gasteiger partial charge in [-0.3, -0.25) is 10.3 Å². The molecule has 0 aromatic carbocycles. The Labute approximate surface area is 144 Å². The van der Waals surface area contributed by atoms with Crippen LogP contribution in [0.4, 0.5) is 16.6 Å². The van der Waals surface area contributed by atoms with E-state index >= 15 is 0 Å². The number of pyridine rings is 2. The van der Waals surface area contributed by atoms with Crippen LogP contribution in [0.1, 0.15) is 20.8 Å². The van der Waals surface area contributed by atoms with Crippen LogP contribution in [-0.4, -0.2) is 31.5 Å². The van der Waals surface area contributed by atoms with Crippen molar-refractivity contribution in [3.63, 3.8) is 0 Å². The molecule has 3 heterocycles. The average Bonchev–Trinajstić information content (AvgIpc) is 2.53. The van der Waals surface area contributed by atoms with E-state index in [1.807, 2.05) is 45.0 Å². The summed E-state index contributed by atoms with van der Waals surface area (Å²) < 4.78 is 0. The maximum absolute atomic E-state index is 12.3. The molecule has 8 heteroatoms. The van der Waals surface area contributed by atoms with Gasteiger partial charge in [-0.15, -0.1) is 0 Å². The number of carbonyl (C=O) groups excluding carboxylic acids is 1. The third-order valence-electron chi connectivity index (χ3n) is 3.25. The van der Waals surface area contributed by atoms with Gasteiger partial charge in [-0.1, -0.05) is 6.07 Å². The molecule has 128 valence electrons. The van der Waals surface area contributed by atoms with E-state index in [0.29, 0.717) is 28.1 Å². The highest BCUT2D eigenvalue weighted by atomic mass is 16.2. The normalized spacial score (nSPS) is 11.3. The Hall–Kier alpha value is -3.29. The third kappa shape index (κ3) is 3.97. The molecule has 0 saturated heterocycles. The van der Waals surface area contributed by atoms with Gasteiger partial charge >= 0.3 is 6.03 Å². The summed E-state index contributed by atoms with van der Waals surface area (Å²) in [5.74, 6) is 0.474. The van der Waals surface area contributed by atoms with E-state index in [4.69, 9.17) is 5.73 Å². The topological polar surface area (TPSA) is 119 Å². The SMILES string of the molecule is CC(C)(C)NC(=O)Nc1nc2nc(N)ncc2cc1-c1ccccn1. The number of nitrogens with one attached hydrogen (secondary N) is 2. The molecule has 0 bridgehead atoms. The molecule has 3 aromatic heterocycles. The van der Waals surface area contributed by atoms with Crippen LogP contribution in [0.15, 0.2) is 36.7 Å². The van der Waals surface area contributed by atoms with Gasteiger partial charge in [0.25, 0.3) is 0 Å². The van der Waals surface area contributed by atoms with Crippen molar-refractivity contribution in [2.45, 2.75) is 26.3 Å². The largest absolute Gasteiger partial charge is 0.368 e. The second-order valence-electron chi connectivity index (χ2n) is 6.57. The Bertz CT molecular complexity index is 919. The van der Waals surface area contributed by atoms with Gasteiger partial charge in [0.05, 0.1) is 5.69 Å². The van der Waals surface area contributed by atoms with Gasteiger partial charge in [0.1, 0.15) is 5.82 Å². The lowest BCUT2D eigenvalue weighted by Gasteiger charge is -2.21. The molecular formula is C17H19N7O. The molecule has 25 heavy (non-hydrogen) atoms. The zero-order valence-electron chi connectivity index (χ0n) is 14.2. The van der Waals surface area contributed by atoms with Crippen molar-refractivity contribution in [2.24, 2.45) is 0 Å². The number of nitrogen functional groups attached to an aromatic ring is 1. The molecule has 0 saturated carbocycles. The van der Waals surface area contributed by atoms with E-state index in [9.17, 15) is 4.79 Å². The van der Waals surface area contributed by atoms with E-state index in [-0.39, 0.29) is 17.5 Å². The molecule has 3 aromatic rings. The first-order valence-electron chi connectivity index (χ1n) is 7.76. The lowest BCUT2D eigenvalue weighted by Crippen LogP contribution is -2.43. The first-order valence-corrected chi connectivity index (χ1v) is 7.76. The van der Waals surface area contributed by atoms with Crippen molar-refractivity contribution < 1.29 is 4.79 Å². The summed E-state index contributed by atoms with van der Waals surface area (Å²) in [6.07, 6.45) is 3.27. The number of hydrogen-bond donors (Lipinski definition) is 3. The van der Waals surface area contributed by atoms with Crippen LogP contribution in [0, 0.1) is 0 Å². The zero-order chi connectivity index (χ0) is 18.0. The van der Waals surface area contributed by atoms with E-state index in [2.05, 4.69) is 30.6 Å². The molecule has 8 nitrogen and oxygen atoms in total. The summed E-state index contributed by atoms with van der Waals surface area (Å²) in [4.78, 5) is 29.2. The molecule has 0 aliphatic heterocycles. The Morgan fingerprint density at radius 2 is 1.96 bits per heavy atom. The molecule has 3 rings (SSSR count). The Morgan fingerprint density at radius 3 is 2.64 bits per heavy atom. The monoisotopic (exact) mass is 337 g/mol. The standard InChI is InChI=1S/C17H19N7O/c1-17(2,3)24-16(25)23-14-11(12-6-4-5-7-19-12)8-10-9-20-15(18)22-13(10)21-14/h4-9H,1-3H3,(H4,18,20,21,22,23,24,25). The maximum Gasteiger partial charge on any atom is 0.320 e. The van der Waals surface area contributed by atoms with E-state index in [1.54, 1.807) is 12.4 Å². The minimum absolute atomic E-state index is 0.121. The summed E-state index contributed by atoms with van der Waals surface area (Å²) in [5.41, 5.74) is 7.01. The average molecular weight is 337 g/mol. The third-order valence-corrected chi connectivity index (χ3v) is 3.25. The lowest BCUT2D eigenvalue weighted by atomic mass is 10.1. The van der Waals surface area contributed by atoms with E-state index in [0.717, 1.165) is 0 Å². The summed E-state index contributed by atoms with van der Waals surface area (Å²) >= 11 is 0. The summed E-state index contributed by atoms with van der Waals surface area (Å²) in [6, 6.07) is 7.00. The number of urea groups is 1. The number of carbonyl (C=O) groups is 1. The van der Waals surface area contributed by atoms with Crippen molar-refractivity contribution in [3.8, 4) is 11.3 Å². The van der Waals surface area contributed by atoms with E-state index < -0.39 is 0 Å². The van der Waals surface area contributed by atoms with Gasteiger partial charge in [-0.2, -0.15) is 4.98 Å². The highest BCUT2D eigenvalue weighted by molar-refractivity contribution is 5.96. The maximum atomic E-state index is 12.3. The first kappa shape index (κ1) is 16.6. The van der Waals surface area contributed by atoms with Gasteiger partial charge in [0.15, 0.2) is 5.65 Å². The minimum Gasteiger partial charge on any atom is -0.368 e. The number of rotatable bonds is 2. The van der Waals surface area contributed by atoms with Crippen LogP contribution < -0.4 is 16.4 Å². The minimum atomic E-state index is -0.376. The molecule has 0 atom stereocenters. The highest BCUT2D eigenvalue weighted by Gasteiger charge is 2.17. The van der Waals surface area contributed by atoms with Crippen molar-refractivity contribution in [2.75, 3.05) is 11.1 Å². The van der Waals surface area contributed by atoms with Crippen molar-refractivity contribution >= 4 is 28.8 Å². The molecular weight excluding hydrogens is 318 g/mol. The number of hydrogen-bond acceptors (Lipinski definition) is 6. The number of fused-ring (bicyclic) bond motifs is 1. The number of aromatic nitrogens is 4. The van der Waals surface area contributed by atoms with Crippen molar-refractivity contribution in [1.29, 1.82) is 0 Å². The van der Waals surface area contributed by atoms with Gasteiger partial charge in [0.2, 0.25) is 5.95 Å². The van der Waals surface area contributed by atoms with Gasteiger partial charge in [-0.25, -0.2) is 14.8 Å². The fourth-order valence-corrected chi connectivity index (χ4v) is 2.27. The smallest absolute Gasteiger partial charge is 0.320 e. The van der Waals surface area contributed by atoms with Crippen LogP contribution in [-0.2, 0) is 0 Å². The van der Waals surface area contributed by atoms with Crippen LogP contribution in [0.3, 0.4) is 0 Å². The van der Waals surface area contributed by atoms with E-state index in [1.165, 1.54) is 0 Å². The second-order valence-corrected chi connectivity index (χ2v) is 6.57. The zero-order valence-corrected chi connectivity index (χ0v) is 14.2. The van der Waals surface area contributed by atoms with Gasteiger partial charge in [-0.05, 0) is 39.0 Å². The van der Waals surface area contributed by atoms with Gasteiger partial charge < -0.3 is 11.1 Å². The molecule has 0 fully saturated rings. The molecule has 0 spiro atoms. The Morgan fingerprint density at radius 1 is 1.16 bits per heavy atom. The van der Waals surface area contributed by atoms with Crippen LogP contribution in [0.25, 0.3) is 22.3 Å². The fourth-order valence-electron chi connectivity index (χ4n) is 2.27. The quantitative estimate of drug-likeness (QED) is 0.661. The molecule has 0 aliphatic carbocycles. The number of anilines is 2. The first-order chi connectivity index (χ1) is 11.8. The molecule has 4 N–H and O–H groups in total. The second kappa shape index (κ2) is 6.31. The van der Waals surface area contributed by atoms with Crippen molar-refractivity contribution in [1.82, 2.24) is 25.3 Å². The highest BCUT2D eigenvalue weighted by Crippen LogP contribution is 2.28. The fraction of sp³-hybridized carbons (Fsp3) is 0.235. The van der Waals surface area contributed by atoms with Crippen molar-refractivity contribution in [3.05, 3.63) is 36.7 Å². The van der Waals surface area contributed by atoms with Crippen LogP contribution in [0.5, 0.6) is 0 Å². The number of amides is 2. The summed E-state index contributed by atoms with van der Waals surface area (Å²) in [7, 11) is 0. The molecule has 0 radical (unpaired) electrons. The van der Waals surface area contributed by atoms with Crippen LogP contribution >= 0.6 is 0 Å². The molecule has 0 unspecified atom stereocenters. The Kier molecular flexibility index (Phi) is 4.18. The number of nitrogens with two attached hydrogens (primary N) is 1. The molecule has 0 aliphatic rings. The lowest BCUT2D eigenvalue weighted by molar-refractivity contribution is 0.243. The number of nitrogens with zero attached hydrogens (tertiary/aromatic N) is 4. The summed E-state index contributed by atoms with van der Waals surface area (Å²) in [5, 5.41) is 6.32. The predicted octanol–water partition coefficient (Wildman–Crippen LogP) is 2.59. The summed E-state index contributed by atoms with van der Waals surface area (Å²) in [6.45, 7) is 5.69. The van der Waals surface area contributed by atoms with Gasteiger partial charge in [0, 0.05) is 28.9 Å². The Balaban J connectivity index is 2.08. The molecule has 2 amide bonds. The predicted molar refractivity (Wildman–Crippen MR) is 96.9 cm³/mol.